The van der Waals surface area contributed by atoms with Crippen LogP contribution in [0.25, 0.3) is 0 Å². The largest absolute Gasteiger partial charge is 0.423 e. The number of para-hydroxylation sites is 1. The van der Waals surface area contributed by atoms with E-state index in [1.165, 1.54) is 18.4 Å². The number of carbonyl (C=O) groups is 1. The van der Waals surface area contributed by atoms with Crippen molar-refractivity contribution in [3.05, 3.63) is 64.4 Å². The maximum Gasteiger partial charge on any atom is 0.341 e. The SMILES string of the molecule is O=C(Oc1ccccc1)C1=CC=CN([N+](=O)[O-])C1. The minimum absolute atomic E-state index is 0.102. The number of allylic oxidation sites excluding steroid dienone is 2. The minimum Gasteiger partial charge on any atom is -0.423 e. The van der Waals surface area contributed by atoms with Gasteiger partial charge in [0.25, 0.3) is 0 Å². The van der Waals surface area contributed by atoms with Gasteiger partial charge in [0, 0.05) is 0 Å². The summed E-state index contributed by atoms with van der Waals surface area (Å²) in [4.78, 5) is 22.3. The molecule has 0 saturated heterocycles. The lowest BCUT2D eigenvalue weighted by molar-refractivity contribution is -0.638. The Bertz CT molecular complexity index is 522. The zero-order valence-corrected chi connectivity index (χ0v) is 9.35. The summed E-state index contributed by atoms with van der Waals surface area (Å²) in [5, 5.41) is 10.8. The maximum atomic E-state index is 11.8. The van der Waals surface area contributed by atoms with Gasteiger partial charge in [-0.1, -0.05) is 23.2 Å². The quantitative estimate of drug-likeness (QED) is 0.350. The topological polar surface area (TPSA) is 72.7 Å². The molecular formula is C12H10N2O4. The highest BCUT2D eigenvalue weighted by Gasteiger charge is 2.22. The fourth-order valence-electron chi connectivity index (χ4n) is 1.44. The molecule has 1 aliphatic heterocycles. The molecule has 0 spiro atoms. The van der Waals surface area contributed by atoms with Crippen LogP contribution in [0.1, 0.15) is 0 Å². The Morgan fingerprint density at radius 1 is 1.33 bits per heavy atom. The molecule has 0 bridgehead atoms. The van der Waals surface area contributed by atoms with Crippen molar-refractivity contribution >= 4 is 5.97 Å². The number of benzene rings is 1. The molecule has 6 heteroatoms. The number of ether oxygens (including phenoxy) is 1. The average molecular weight is 246 g/mol. The van der Waals surface area contributed by atoms with Crippen molar-refractivity contribution in [1.82, 2.24) is 5.01 Å². The molecule has 0 atom stereocenters. The second-order valence-electron chi connectivity index (χ2n) is 3.57. The third-order valence-corrected chi connectivity index (χ3v) is 2.31. The number of carbonyl (C=O) groups excluding carboxylic acids is 1. The Kier molecular flexibility index (Phi) is 3.38. The Hall–Kier alpha value is -2.63. The fourth-order valence-corrected chi connectivity index (χ4v) is 1.44. The number of hydrazine groups is 1. The number of hydrogen-bond donors (Lipinski definition) is 0. The third-order valence-electron chi connectivity index (χ3n) is 2.31. The molecule has 1 aliphatic rings. The fraction of sp³-hybridized carbons (Fsp3) is 0.0833. The Labute approximate surface area is 103 Å². The van der Waals surface area contributed by atoms with Gasteiger partial charge in [-0.15, -0.1) is 0 Å². The van der Waals surface area contributed by atoms with Crippen LogP contribution >= 0.6 is 0 Å². The number of rotatable bonds is 3. The summed E-state index contributed by atoms with van der Waals surface area (Å²) in [5.74, 6) is -0.178. The summed E-state index contributed by atoms with van der Waals surface area (Å²) in [6.45, 7) is -0.102. The Morgan fingerprint density at radius 2 is 2.06 bits per heavy atom. The van der Waals surface area contributed by atoms with Crippen molar-refractivity contribution in [3.8, 4) is 5.75 Å². The van der Waals surface area contributed by atoms with E-state index < -0.39 is 11.0 Å². The molecule has 0 unspecified atom stereocenters. The van der Waals surface area contributed by atoms with E-state index >= 15 is 0 Å². The van der Waals surface area contributed by atoms with E-state index in [-0.39, 0.29) is 12.1 Å². The van der Waals surface area contributed by atoms with Gasteiger partial charge in [-0.2, -0.15) is 0 Å². The normalized spacial score (nSPS) is 14.0. The first-order valence-electron chi connectivity index (χ1n) is 5.22. The van der Waals surface area contributed by atoms with Crippen LogP contribution in [-0.2, 0) is 4.79 Å². The van der Waals surface area contributed by atoms with Crippen LogP contribution in [-0.4, -0.2) is 22.6 Å². The van der Waals surface area contributed by atoms with Gasteiger partial charge in [0.1, 0.15) is 12.3 Å². The summed E-state index contributed by atoms with van der Waals surface area (Å²) in [6.07, 6.45) is 4.23. The Balaban J connectivity index is 2.04. The molecule has 0 aliphatic carbocycles. The first-order chi connectivity index (χ1) is 8.66. The average Bonchev–Trinajstić information content (AvgIpc) is 2.40. The smallest absolute Gasteiger partial charge is 0.341 e. The van der Waals surface area contributed by atoms with Gasteiger partial charge in [0.15, 0.2) is 5.03 Å². The van der Waals surface area contributed by atoms with E-state index in [0.29, 0.717) is 5.75 Å². The van der Waals surface area contributed by atoms with E-state index in [2.05, 4.69) is 0 Å². The summed E-state index contributed by atoms with van der Waals surface area (Å²) >= 11 is 0. The summed E-state index contributed by atoms with van der Waals surface area (Å²) < 4.78 is 5.09. The third kappa shape index (κ3) is 2.73. The van der Waals surface area contributed by atoms with Crippen molar-refractivity contribution in [1.29, 1.82) is 0 Å². The second kappa shape index (κ2) is 5.13. The van der Waals surface area contributed by atoms with Crippen molar-refractivity contribution in [2.24, 2.45) is 0 Å². The van der Waals surface area contributed by atoms with E-state index in [9.17, 15) is 14.9 Å². The van der Waals surface area contributed by atoms with Crippen LogP contribution in [0.5, 0.6) is 5.75 Å². The predicted molar refractivity (Wildman–Crippen MR) is 63.0 cm³/mol. The van der Waals surface area contributed by atoms with Crippen molar-refractivity contribution in [3.63, 3.8) is 0 Å². The molecule has 0 radical (unpaired) electrons. The van der Waals surface area contributed by atoms with Gasteiger partial charge in [-0.05, 0) is 24.3 Å². The maximum absolute atomic E-state index is 11.8. The number of hydrogen-bond acceptors (Lipinski definition) is 4. The molecule has 0 fully saturated rings. The van der Waals surface area contributed by atoms with E-state index in [0.717, 1.165) is 5.01 Å². The highest BCUT2D eigenvalue weighted by atomic mass is 16.7. The van der Waals surface area contributed by atoms with Gasteiger partial charge in [-0.3, -0.25) is 0 Å². The lowest BCUT2D eigenvalue weighted by Gasteiger charge is -2.14. The number of nitrogens with zero attached hydrogens (tertiary/aromatic N) is 2. The predicted octanol–water partition coefficient (Wildman–Crippen LogP) is 1.54. The van der Waals surface area contributed by atoms with Crippen molar-refractivity contribution < 1.29 is 14.6 Å². The standard InChI is InChI=1S/C12H10N2O4/c15-12(18-11-6-2-1-3-7-11)10-5-4-8-13(9-10)14(16)17/h1-8H,9H2. The zero-order chi connectivity index (χ0) is 13.0. The molecular weight excluding hydrogens is 236 g/mol. The molecule has 0 N–H and O–H groups in total. The zero-order valence-electron chi connectivity index (χ0n) is 9.35. The van der Waals surface area contributed by atoms with Crippen LogP contribution in [0.4, 0.5) is 0 Å². The van der Waals surface area contributed by atoms with Crippen LogP contribution in [0, 0.1) is 10.1 Å². The lowest BCUT2D eigenvalue weighted by Crippen LogP contribution is -2.31. The number of esters is 1. The molecule has 2 rings (SSSR count). The van der Waals surface area contributed by atoms with Crippen LogP contribution < -0.4 is 4.74 Å². The Morgan fingerprint density at radius 3 is 2.72 bits per heavy atom. The van der Waals surface area contributed by atoms with Gasteiger partial charge in [-0.25, -0.2) is 14.9 Å². The van der Waals surface area contributed by atoms with Gasteiger partial charge >= 0.3 is 5.97 Å². The summed E-state index contributed by atoms with van der Waals surface area (Å²) in [7, 11) is 0. The number of nitro groups is 1. The minimum atomic E-state index is -0.586. The van der Waals surface area contributed by atoms with Crippen molar-refractivity contribution in [2.75, 3.05) is 6.54 Å². The van der Waals surface area contributed by atoms with Gasteiger partial charge < -0.3 is 4.74 Å². The van der Waals surface area contributed by atoms with Crippen LogP contribution in [0.3, 0.4) is 0 Å². The molecule has 1 aromatic rings. The van der Waals surface area contributed by atoms with Crippen LogP contribution in [0.15, 0.2) is 54.3 Å². The monoisotopic (exact) mass is 246 g/mol. The van der Waals surface area contributed by atoms with E-state index in [1.807, 2.05) is 0 Å². The summed E-state index contributed by atoms with van der Waals surface area (Å²) in [5.41, 5.74) is 0.234. The summed E-state index contributed by atoms with van der Waals surface area (Å²) in [6, 6.07) is 8.56. The second-order valence-corrected chi connectivity index (χ2v) is 3.57. The van der Waals surface area contributed by atoms with Crippen LogP contribution in [0.2, 0.25) is 0 Å². The molecule has 1 heterocycles. The lowest BCUT2D eigenvalue weighted by atomic mass is 10.2. The molecule has 18 heavy (non-hydrogen) atoms. The first kappa shape index (κ1) is 11.8. The first-order valence-corrected chi connectivity index (χ1v) is 5.22. The molecule has 6 nitrogen and oxygen atoms in total. The highest BCUT2D eigenvalue weighted by molar-refractivity contribution is 5.91. The molecule has 0 saturated carbocycles. The van der Waals surface area contributed by atoms with E-state index in [4.69, 9.17) is 4.74 Å². The van der Waals surface area contributed by atoms with Crippen molar-refractivity contribution in [2.45, 2.75) is 0 Å². The van der Waals surface area contributed by atoms with E-state index in [1.54, 1.807) is 30.3 Å². The molecule has 0 amide bonds. The highest BCUT2D eigenvalue weighted by Crippen LogP contribution is 2.14. The molecule has 92 valence electrons. The molecule has 1 aromatic carbocycles. The van der Waals surface area contributed by atoms with Gasteiger partial charge in [0.05, 0.1) is 11.8 Å². The van der Waals surface area contributed by atoms with Gasteiger partial charge in [0.2, 0.25) is 0 Å². The molecule has 0 aromatic heterocycles.